The first-order valence-electron chi connectivity index (χ1n) is 8.77. The van der Waals surface area contributed by atoms with Crippen LogP contribution in [0.25, 0.3) is 0 Å². The molecule has 10 heteroatoms. The summed E-state index contributed by atoms with van der Waals surface area (Å²) in [5.74, 6) is 0.250. The highest BCUT2D eigenvalue weighted by atomic mass is 19.4. The van der Waals surface area contributed by atoms with E-state index in [1.165, 1.54) is 19.4 Å². The fourth-order valence-corrected chi connectivity index (χ4v) is 3.29. The Morgan fingerprint density at radius 1 is 1.31 bits per heavy atom. The molecule has 7 nitrogen and oxygen atoms in total. The number of anilines is 2. The van der Waals surface area contributed by atoms with Crippen molar-refractivity contribution in [3.8, 4) is 5.75 Å². The van der Waals surface area contributed by atoms with Crippen molar-refractivity contribution in [2.45, 2.75) is 24.7 Å². The van der Waals surface area contributed by atoms with Gasteiger partial charge < -0.3 is 19.8 Å². The van der Waals surface area contributed by atoms with Gasteiger partial charge in [0.25, 0.3) is 5.91 Å². The number of fused-ring (bicyclic) bond motifs is 1. The van der Waals surface area contributed by atoms with E-state index in [4.69, 9.17) is 9.15 Å². The van der Waals surface area contributed by atoms with E-state index < -0.39 is 24.2 Å². The van der Waals surface area contributed by atoms with Crippen molar-refractivity contribution in [3.05, 3.63) is 60.2 Å². The van der Waals surface area contributed by atoms with Gasteiger partial charge in [-0.3, -0.25) is 4.79 Å². The summed E-state index contributed by atoms with van der Waals surface area (Å²) in [6.45, 7) is 0. The summed E-state index contributed by atoms with van der Waals surface area (Å²) < 4.78 is 52.2. The molecule has 0 radical (unpaired) electrons. The standard InChI is InChI=1S/C19H17F3N4O3/c1-28-14-6-3-2-5-11(14)24-18(27)13-10-17-23-12(15-7-4-8-29-15)9-16(19(20,21)22)26(17)25-13/h2-8,10,12,16,23H,9H2,1H3,(H,24,27)/t12-,16-/m0/s1. The fourth-order valence-electron chi connectivity index (χ4n) is 3.29. The molecule has 1 aliphatic heterocycles. The Hall–Kier alpha value is -3.43. The number of rotatable bonds is 4. The van der Waals surface area contributed by atoms with Crippen LogP contribution >= 0.6 is 0 Å². The molecule has 1 aromatic carbocycles. The fraction of sp³-hybridized carbons (Fsp3) is 0.263. The van der Waals surface area contributed by atoms with Crippen LogP contribution in [0, 0.1) is 0 Å². The molecule has 3 aromatic rings. The Balaban J connectivity index is 1.64. The minimum absolute atomic E-state index is 0.0881. The summed E-state index contributed by atoms with van der Waals surface area (Å²) >= 11 is 0. The van der Waals surface area contributed by atoms with E-state index in [1.54, 1.807) is 36.4 Å². The lowest BCUT2D eigenvalue weighted by molar-refractivity contribution is -0.174. The topological polar surface area (TPSA) is 81.3 Å². The van der Waals surface area contributed by atoms with Crippen molar-refractivity contribution in [1.29, 1.82) is 0 Å². The van der Waals surface area contributed by atoms with Crippen LogP contribution in [-0.4, -0.2) is 29.0 Å². The van der Waals surface area contributed by atoms with Gasteiger partial charge in [-0.25, -0.2) is 4.68 Å². The first kappa shape index (κ1) is 18.9. The number of carbonyl (C=O) groups is 1. The first-order valence-corrected chi connectivity index (χ1v) is 8.77. The lowest BCUT2D eigenvalue weighted by Gasteiger charge is -2.32. The maximum atomic E-state index is 13.7. The van der Waals surface area contributed by atoms with Crippen molar-refractivity contribution in [1.82, 2.24) is 9.78 Å². The molecule has 152 valence electrons. The third-order valence-electron chi connectivity index (χ3n) is 4.66. The van der Waals surface area contributed by atoms with E-state index in [-0.39, 0.29) is 17.9 Å². The molecule has 0 bridgehead atoms. The maximum absolute atomic E-state index is 13.7. The van der Waals surface area contributed by atoms with Crippen LogP contribution in [-0.2, 0) is 0 Å². The summed E-state index contributed by atoms with van der Waals surface area (Å²) in [6, 6.07) is 8.64. The van der Waals surface area contributed by atoms with Gasteiger partial charge in [0.05, 0.1) is 25.1 Å². The molecule has 1 amide bonds. The number of hydrogen-bond acceptors (Lipinski definition) is 5. The molecule has 2 aromatic heterocycles. The third kappa shape index (κ3) is 3.65. The van der Waals surface area contributed by atoms with E-state index in [1.807, 2.05) is 0 Å². The monoisotopic (exact) mass is 406 g/mol. The highest BCUT2D eigenvalue weighted by Gasteiger charge is 2.47. The number of methoxy groups -OCH3 is 1. The molecule has 0 aliphatic carbocycles. The van der Waals surface area contributed by atoms with Crippen molar-refractivity contribution in [2.75, 3.05) is 17.7 Å². The normalized spacial score (nSPS) is 18.6. The molecule has 29 heavy (non-hydrogen) atoms. The Labute approximate surface area is 163 Å². The number of nitrogens with one attached hydrogen (secondary N) is 2. The summed E-state index contributed by atoms with van der Waals surface area (Å²) in [4.78, 5) is 12.6. The second-order valence-corrected chi connectivity index (χ2v) is 6.52. The lowest BCUT2D eigenvalue weighted by atomic mass is 10.0. The minimum Gasteiger partial charge on any atom is -0.495 e. The van der Waals surface area contributed by atoms with Crippen LogP contribution in [0.3, 0.4) is 0 Å². The van der Waals surface area contributed by atoms with Crippen LogP contribution < -0.4 is 15.4 Å². The zero-order chi connectivity index (χ0) is 20.6. The number of benzene rings is 1. The molecule has 2 N–H and O–H groups in total. The number of hydrogen-bond donors (Lipinski definition) is 2. The highest BCUT2D eigenvalue weighted by molar-refractivity contribution is 6.04. The number of nitrogens with zero attached hydrogens (tertiary/aromatic N) is 2. The number of aromatic nitrogens is 2. The maximum Gasteiger partial charge on any atom is 0.410 e. The Kier molecular flexibility index (Phi) is 4.69. The van der Waals surface area contributed by atoms with Gasteiger partial charge in [0, 0.05) is 12.5 Å². The van der Waals surface area contributed by atoms with E-state index in [0.29, 0.717) is 17.2 Å². The zero-order valence-corrected chi connectivity index (χ0v) is 15.2. The molecule has 2 atom stereocenters. The number of amides is 1. The van der Waals surface area contributed by atoms with Crippen molar-refractivity contribution in [3.63, 3.8) is 0 Å². The van der Waals surface area contributed by atoms with Crippen LogP contribution in [0.1, 0.15) is 34.8 Å². The lowest BCUT2D eigenvalue weighted by Crippen LogP contribution is -2.35. The van der Waals surface area contributed by atoms with Crippen LogP contribution in [0.5, 0.6) is 5.75 Å². The molecule has 3 heterocycles. The number of halogens is 3. The number of para-hydroxylation sites is 2. The summed E-state index contributed by atoms with van der Waals surface area (Å²) in [5.41, 5.74) is 0.243. The summed E-state index contributed by atoms with van der Waals surface area (Å²) in [7, 11) is 1.45. The van der Waals surface area contributed by atoms with Gasteiger partial charge in [0.15, 0.2) is 11.7 Å². The quantitative estimate of drug-likeness (QED) is 0.671. The average molecular weight is 406 g/mol. The van der Waals surface area contributed by atoms with E-state index in [2.05, 4.69) is 15.7 Å². The first-order chi connectivity index (χ1) is 13.9. The van der Waals surface area contributed by atoms with Crippen molar-refractivity contribution < 1.29 is 27.1 Å². The van der Waals surface area contributed by atoms with Gasteiger partial charge in [0.2, 0.25) is 0 Å². The number of furan rings is 1. The van der Waals surface area contributed by atoms with Gasteiger partial charge in [-0.05, 0) is 24.3 Å². The van der Waals surface area contributed by atoms with Gasteiger partial charge in [0.1, 0.15) is 17.3 Å². The van der Waals surface area contributed by atoms with Crippen LogP contribution in [0.4, 0.5) is 24.7 Å². The smallest absolute Gasteiger partial charge is 0.410 e. The zero-order valence-electron chi connectivity index (χ0n) is 15.2. The minimum atomic E-state index is -4.54. The van der Waals surface area contributed by atoms with E-state index >= 15 is 0 Å². The second-order valence-electron chi connectivity index (χ2n) is 6.52. The molecule has 0 spiro atoms. The molecular weight excluding hydrogens is 389 g/mol. The predicted octanol–water partition coefficient (Wildman–Crippen LogP) is 4.40. The number of alkyl halides is 3. The second kappa shape index (κ2) is 7.19. The largest absolute Gasteiger partial charge is 0.495 e. The van der Waals surface area contributed by atoms with Gasteiger partial charge >= 0.3 is 6.18 Å². The number of ether oxygens (including phenoxy) is 1. The molecule has 0 saturated carbocycles. The summed E-state index contributed by atoms with van der Waals surface area (Å²) in [5, 5.41) is 9.49. The van der Waals surface area contributed by atoms with Crippen LogP contribution in [0.15, 0.2) is 53.1 Å². The van der Waals surface area contributed by atoms with Gasteiger partial charge in [-0.15, -0.1) is 0 Å². The highest BCUT2D eigenvalue weighted by Crippen LogP contribution is 2.43. The molecule has 0 fully saturated rings. The van der Waals surface area contributed by atoms with E-state index in [9.17, 15) is 18.0 Å². The summed E-state index contributed by atoms with van der Waals surface area (Å²) in [6.07, 6.45) is -3.44. The van der Waals surface area contributed by atoms with Crippen molar-refractivity contribution in [2.24, 2.45) is 0 Å². The third-order valence-corrected chi connectivity index (χ3v) is 4.66. The van der Waals surface area contributed by atoms with Crippen molar-refractivity contribution >= 4 is 17.4 Å². The molecule has 0 saturated heterocycles. The molecular formula is C19H17F3N4O3. The van der Waals surface area contributed by atoms with E-state index in [0.717, 1.165) is 4.68 Å². The average Bonchev–Trinajstić information content (AvgIpc) is 3.36. The number of carbonyl (C=O) groups excluding carboxylic acids is 1. The van der Waals surface area contributed by atoms with Gasteiger partial charge in [-0.2, -0.15) is 18.3 Å². The predicted molar refractivity (Wildman–Crippen MR) is 98.0 cm³/mol. The Morgan fingerprint density at radius 2 is 2.10 bits per heavy atom. The SMILES string of the molecule is COc1ccccc1NC(=O)c1cc2n(n1)[C@H](C(F)(F)F)C[C@@H](c1ccco1)N2. The molecule has 4 rings (SSSR count). The molecule has 1 aliphatic rings. The van der Waals surface area contributed by atoms with Crippen LogP contribution in [0.2, 0.25) is 0 Å². The molecule has 0 unspecified atom stereocenters. The Morgan fingerprint density at radius 3 is 2.79 bits per heavy atom. The Bertz CT molecular complexity index is 1010. The van der Waals surface area contributed by atoms with Gasteiger partial charge in [-0.1, -0.05) is 12.1 Å².